The van der Waals surface area contributed by atoms with Gasteiger partial charge >= 0.3 is 5.97 Å². The van der Waals surface area contributed by atoms with Crippen LogP contribution in [0, 0.1) is 5.92 Å². The van der Waals surface area contributed by atoms with Crippen LogP contribution in [0.15, 0.2) is 0 Å². The van der Waals surface area contributed by atoms with Crippen LogP contribution >= 0.6 is 0 Å². The number of anilines is 1. The van der Waals surface area contributed by atoms with E-state index in [4.69, 9.17) is 9.47 Å². The Morgan fingerprint density at radius 1 is 1.63 bits per heavy atom. The summed E-state index contributed by atoms with van der Waals surface area (Å²) >= 11 is 0. The Hall–Kier alpha value is -1.63. The summed E-state index contributed by atoms with van der Waals surface area (Å²) in [5.74, 6) is 1.04. The summed E-state index contributed by atoms with van der Waals surface area (Å²) in [7, 11) is 0. The summed E-state index contributed by atoms with van der Waals surface area (Å²) in [6.07, 6.45) is 2.01. The molecule has 19 heavy (non-hydrogen) atoms. The molecule has 2 aliphatic heterocycles. The first-order valence-corrected chi connectivity index (χ1v) is 6.74. The molecule has 2 atom stereocenters. The molecule has 1 saturated heterocycles. The number of rotatable bonds is 3. The van der Waals surface area contributed by atoms with Crippen LogP contribution in [-0.2, 0) is 20.8 Å². The Morgan fingerprint density at radius 3 is 3.26 bits per heavy atom. The highest BCUT2D eigenvalue weighted by Gasteiger charge is 2.30. The molecular formula is C12H18N4O3. The Kier molecular flexibility index (Phi) is 3.37. The molecule has 0 amide bonds. The number of fused-ring (bicyclic) bond motifs is 1. The topological polar surface area (TPSA) is 78.3 Å². The largest absolute Gasteiger partial charge is 0.466 e. The average Bonchev–Trinajstić information content (AvgIpc) is 3.07. The lowest BCUT2D eigenvalue weighted by molar-refractivity contribution is -0.148. The van der Waals surface area contributed by atoms with Gasteiger partial charge in [0.25, 0.3) is 0 Å². The zero-order chi connectivity index (χ0) is 13.2. The van der Waals surface area contributed by atoms with Gasteiger partial charge < -0.3 is 14.8 Å². The van der Waals surface area contributed by atoms with Gasteiger partial charge in [-0.3, -0.25) is 4.79 Å². The molecule has 2 unspecified atom stereocenters. The maximum atomic E-state index is 11.7. The van der Waals surface area contributed by atoms with Crippen molar-refractivity contribution in [3.63, 3.8) is 0 Å². The molecule has 1 N–H and O–H groups in total. The molecule has 0 saturated carbocycles. The second kappa shape index (κ2) is 5.16. The maximum absolute atomic E-state index is 11.7. The minimum absolute atomic E-state index is 0.000873. The fraction of sp³-hybridized carbons (Fsp3) is 0.750. The van der Waals surface area contributed by atoms with Gasteiger partial charge in [-0.15, -0.1) is 0 Å². The van der Waals surface area contributed by atoms with E-state index in [9.17, 15) is 4.79 Å². The second-order valence-electron chi connectivity index (χ2n) is 4.81. The van der Waals surface area contributed by atoms with Crippen LogP contribution in [0.3, 0.4) is 0 Å². The standard InChI is InChI=1S/C12H18N4O3/c1-2-18-11(17)8-6-13-12-14-10(15-16(12)7-8)9-4-3-5-19-9/h8-9H,2-7H2,1H3,(H,13,14,15). The number of nitrogens with zero attached hydrogens (tertiary/aromatic N) is 3. The Morgan fingerprint density at radius 2 is 2.53 bits per heavy atom. The Balaban J connectivity index is 1.72. The molecule has 104 valence electrons. The van der Waals surface area contributed by atoms with Gasteiger partial charge in [0.2, 0.25) is 5.95 Å². The third kappa shape index (κ3) is 2.42. The third-order valence-electron chi connectivity index (χ3n) is 3.43. The van der Waals surface area contributed by atoms with Gasteiger partial charge in [0.1, 0.15) is 6.10 Å². The summed E-state index contributed by atoms with van der Waals surface area (Å²) in [5, 5.41) is 7.56. The predicted octanol–water partition coefficient (Wildman–Crippen LogP) is 0.734. The van der Waals surface area contributed by atoms with Crippen LogP contribution in [0.1, 0.15) is 31.7 Å². The van der Waals surface area contributed by atoms with Gasteiger partial charge in [0.15, 0.2) is 5.82 Å². The van der Waals surface area contributed by atoms with E-state index in [1.807, 2.05) is 6.92 Å². The monoisotopic (exact) mass is 266 g/mol. The molecule has 2 aliphatic rings. The first kappa shape index (κ1) is 12.4. The average molecular weight is 266 g/mol. The van der Waals surface area contributed by atoms with Gasteiger partial charge in [0, 0.05) is 13.2 Å². The van der Waals surface area contributed by atoms with Crippen molar-refractivity contribution in [2.24, 2.45) is 5.92 Å². The fourth-order valence-electron chi connectivity index (χ4n) is 2.44. The maximum Gasteiger partial charge on any atom is 0.312 e. The van der Waals surface area contributed by atoms with Crippen molar-refractivity contribution < 1.29 is 14.3 Å². The molecule has 1 aromatic heterocycles. The van der Waals surface area contributed by atoms with Crippen LogP contribution in [0.4, 0.5) is 5.95 Å². The molecule has 7 heteroatoms. The van der Waals surface area contributed by atoms with E-state index in [2.05, 4.69) is 15.4 Å². The summed E-state index contributed by atoms with van der Waals surface area (Å²) in [4.78, 5) is 16.2. The van der Waals surface area contributed by atoms with Gasteiger partial charge in [-0.2, -0.15) is 10.1 Å². The predicted molar refractivity (Wildman–Crippen MR) is 66.6 cm³/mol. The summed E-state index contributed by atoms with van der Waals surface area (Å²) in [6, 6.07) is 0. The van der Waals surface area contributed by atoms with Crippen molar-refractivity contribution in [1.82, 2.24) is 14.8 Å². The number of hydrogen-bond acceptors (Lipinski definition) is 6. The molecule has 0 radical (unpaired) electrons. The molecule has 3 rings (SSSR count). The molecule has 0 bridgehead atoms. The van der Waals surface area contributed by atoms with Crippen LogP contribution in [-0.4, -0.2) is 40.5 Å². The van der Waals surface area contributed by atoms with Crippen molar-refractivity contribution in [3.8, 4) is 0 Å². The van der Waals surface area contributed by atoms with E-state index in [0.717, 1.165) is 19.4 Å². The van der Waals surface area contributed by atoms with E-state index in [0.29, 0.717) is 31.5 Å². The van der Waals surface area contributed by atoms with Crippen molar-refractivity contribution in [2.75, 3.05) is 25.1 Å². The highest BCUT2D eigenvalue weighted by molar-refractivity contribution is 5.73. The first-order valence-electron chi connectivity index (χ1n) is 6.74. The number of aromatic nitrogens is 3. The molecule has 3 heterocycles. The van der Waals surface area contributed by atoms with Gasteiger partial charge in [-0.25, -0.2) is 4.68 Å². The van der Waals surface area contributed by atoms with Gasteiger partial charge in [-0.1, -0.05) is 0 Å². The minimum Gasteiger partial charge on any atom is -0.466 e. The van der Waals surface area contributed by atoms with Crippen molar-refractivity contribution in [3.05, 3.63) is 5.82 Å². The lowest BCUT2D eigenvalue weighted by Gasteiger charge is -2.21. The number of carbonyl (C=O) groups is 1. The summed E-state index contributed by atoms with van der Waals surface area (Å²) in [5.41, 5.74) is 0. The second-order valence-corrected chi connectivity index (χ2v) is 4.81. The molecule has 0 spiro atoms. The summed E-state index contributed by atoms with van der Waals surface area (Å²) in [6.45, 7) is 4.04. The SMILES string of the molecule is CCOC(=O)C1CNc2nc(C3CCCO3)nn2C1. The zero-order valence-electron chi connectivity index (χ0n) is 11.0. The smallest absolute Gasteiger partial charge is 0.312 e. The van der Waals surface area contributed by atoms with Gasteiger partial charge in [-0.05, 0) is 19.8 Å². The number of hydrogen-bond donors (Lipinski definition) is 1. The Labute approximate surface area is 111 Å². The van der Waals surface area contributed by atoms with Crippen LogP contribution in [0.2, 0.25) is 0 Å². The van der Waals surface area contributed by atoms with Crippen LogP contribution in [0.5, 0.6) is 0 Å². The van der Waals surface area contributed by atoms with Crippen LogP contribution in [0.25, 0.3) is 0 Å². The van der Waals surface area contributed by atoms with E-state index in [1.54, 1.807) is 4.68 Å². The normalized spacial score (nSPS) is 25.7. The molecule has 7 nitrogen and oxygen atoms in total. The van der Waals surface area contributed by atoms with Crippen LogP contribution < -0.4 is 5.32 Å². The quantitative estimate of drug-likeness (QED) is 0.813. The van der Waals surface area contributed by atoms with E-state index < -0.39 is 0 Å². The van der Waals surface area contributed by atoms with E-state index in [1.165, 1.54) is 0 Å². The lowest BCUT2D eigenvalue weighted by Crippen LogP contribution is -2.34. The number of carbonyl (C=O) groups excluding carboxylic acids is 1. The van der Waals surface area contributed by atoms with E-state index >= 15 is 0 Å². The minimum atomic E-state index is -0.202. The fourth-order valence-corrected chi connectivity index (χ4v) is 2.44. The third-order valence-corrected chi connectivity index (χ3v) is 3.43. The Bertz CT molecular complexity index is 468. The molecule has 1 fully saturated rings. The van der Waals surface area contributed by atoms with Gasteiger partial charge in [0.05, 0.1) is 19.1 Å². The molecule has 0 aliphatic carbocycles. The van der Waals surface area contributed by atoms with E-state index in [-0.39, 0.29) is 18.0 Å². The zero-order valence-corrected chi connectivity index (χ0v) is 11.0. The van der Waals surface area contributed by atoms with Crippen molar-refractivity contribution in [2.45, 2.75) is 32.4 Å². The molecule has 1 aromatic rings. The summed E-state index contributed by atoms with van der Waals surface area (Å²) < 4.78 is 12.3. The lowest BCUT2D eigenvalue weighted by atomic mass is 10.1. The van der Waals surface area contributed by atoms with Crippen molar-refractivity contribution in [1.29, 1.82) is 0 Å². The highest BCUT2D eigenvalue weighted by Crippen LogP contribution is 2.28. The highest BCUT2D eigenvalue weighted by atomic mass is 16.5. The number of nitrogens with one attached hydrogen (secondary N) is 1. The van der Waals surface area contributed by atoms with Crippen molar-refractivity contribution >= 4 is 11.9 Å². The molecular weight excluding hydrogens is 248 g/mol. The first-order chi connectivity index (χ1) is 9.28. The number of esters is 1. The number of ether oxygens (including phenoxy) is 2. The molecule has 0 aromatic carbocycles.